The van der Waals surface area contributed by atoms with E-state index >= 15 is 0 Å². The molecule has 1 N–H and O–H groups in total. The van der Waals surface area contributed by atoms with Gasteiger partial charge in [0.25, 0.3) is 0 Å². The summed E-state index contributed by atoms with van der Waals surface area (Å²) in [6.45, 7) is 3.09. The molecule has 1 aliphatic heterocycles. The number of thiazole rings is 1. The molecule has 1 aliphatic rings. The van der Waals surface area contributed by atoms with Crippen molar-refractivity contribution in [2.75, 3.05) is 18.7 Å². The summed E-state index contributed by atoms with van der Waals surface area (Å²) in [5, 5.41) is 15.3. The van der Waals surface area contributed by atoms with E-state index in [4.69, 9.17) is 14.2 Å². The van der Waals surface area contributed by atoms with Crippen molar-refractivity contribution in [1.82, 2.24) is 4.98 Å². The third-order valence-corrected chi connectivity index (χ3v) is 5.40. The number of fused-ring (bicyclic) bond motifs is 1. The predicted molar refractivity (Wildman–Crippen MR) is 118 cm³/mol. The lowest BCUT2D eigenvalue weighted by Crippen LogP contribution is -1.96. The summed E-state index contributed by atoms with van der Waals surface area (Å²) >= 11 is 1.43. The first-order valence-electron chi connectivity index (χ1n) is 9.72. The number of unbranched alkanes of at least 4 members (excludes halogenated alkanes) is 1. The van der Waals surface area contributed by atoms with Crippen LogP contribution in [0.15, 0.2) is 54.0 Å². The molecule has 2 aromatic carbocycles. The summed E-state index contributed by atoms with van der Waals surface area (Å²) in [6, 6.07) is 15.6. The summed E-state index contributed by atoms with van der Waals surface area (Å²) < 4.78 is 16.4. The Kier molecular flexibility index (Phi) is 6.16. The summed E-state index contributed by atoms with van der Waals surface area (Å²) in [6.07, 6.45) is 3.82. The lowest BCUT2D eigenvalue weighted by Gasteiger charge is -2.06. The van der Waals surface area contributed by atoms with E-state index in [0.717, 1.165) is 47.9 Å². The number of hydrogen-bond donors (Lipinski definition) is 1. The molecule has 0 saturated carbocycles. The Morgan fingerprint density at radius 2 is 2.07 bits per heavy atom. The average Bonchev–Trinajstić information content (AvgIpc) is 3.45. The van der Waals surface area contributed by atoms with Gasteiger partial charge in [0.15, 0.2) is 11.5 Å². The van der Waals surface area contributed by atoms with Crippen LogP contribution in [-0.2, 0) is 0 Å². The van der Waals surface area contributed by atoms with Crippen LogP contribution in [0.2, 0.25) is 0 Å². The number of ether oxygens (including phenoxy) is 3. The molecule has 6 nitrogen and oxygen atoms in total. The number of nitrogens with one attached hydrogen (secondary N) is 1. The Morgan fingerprint density at radius 1 is 1.23 bits per heavy atom. The Hall–Kier alpha value is -3.50. The fourth-order valence-corrected chi connectivity index (χ4v) is 3.66. The van der Waals surface area contributed by atoms with Gasteiger partial charge < -0.3 is 19.5 Å². The molecule has 0 radical (unpaired) electrons. The quantitative estimate of drug-likeness (QED) is 0.373. The first-order valence-corrected chi connectivity index (χ1v) is 10.6. The predicted octanol–water partition coefficient (Wildman–Crippen LogP) is 5.69. The topological polar surface area (TPSA) is 76.4 Å². The molecule has 0 atom stereocenters. The van der Waals surface area contributed by atoms with Gasteiger partial charge >= 0.3 is 0 Å². The molecule has 1 aromatic heterocycles. The second kappa shape index (κ2) is 9.33. The zero-order valence-corrected chi connectivity index (χ0v) is 17.4. The molecule has 4 rings (SSSR count). The van der Waals surface area contributed by atoms with E-state index in [-0.39, 0.29) is 6.79 Å². The van der Waals surface area contributed by atoms with Crippen LogP contribution in [-0.4, -0.2) is 18.4 Å². The van der Waals surface area contributed by atoms with E-state index in [1.54, 1.807) is 6.20 Å². The van der Waals surface area contributed by atoms with Crippen molar-refractivity contribution in [1.29, 1.82) is 5.26 Å². The Morgan fingerprint density at radius 3 is 2.87 bits per heavy atom. The number of aromatic nitrogens is 1. The number of anilines is 1. The van der Waals surface area contributed by atoms with E-state index in [1.807, 2.05) is 47.8 Å². The molecule has 0 unspecified atom stereocenters. The van der Waals surface area contributed by atoms with Gasteiger partial charge in [-0.25, -0.2) is 4.98 Å². The van der Waals surface area contributed by atoms with Gasteiger partial charge in [0.05, 0.1) is 12.3 Å². The molecule has 152 valence electrons. The molecule has 2 heterocycles. The highest BCUT2D eigenvalue weighted by atomic mass is 32.1. The molecular weight excluding hydrogens is 398 g/mol. The highest BCUT2D eigenvalue weighted by Crippen LogP contribution is 2.36. The molecule has 0 spiro atoms. The molecule has 0 amide bonds. The van der Waals surface area contributed by atoms with Crippen LogP contribution in [0.3, 0.4) is 0 Å². The van der Waals surface area contributed by atoms with Crippen LogP contribution in [0.25, 0.3) is 16.8 Å². The molecule has 7 heteroatoms. The van der Waals surface area contributed by atoms with Crippen molar-refractivity contribution in [2.24, 2.45) is 0 Å². The summed E-state index contributed by atoms with van der Waals surface area (Å²) in [5.41, 5.74) is 3.06. The van der Waals surface area contributed by atoms with Crippen LogP contribution in [0.1, 0.15) is 24.8 Å². The maximum Gasteiger partial charge on any atom is 0.231 e. The number of nitrogens with zero attached hydrogens (tertiary/aromatic N) is 2. The van der Waals surface area contributed by atoms with E-state index < -0.39 is 0 Å². The van der Waals surface area contributed by atoms with Crippen molar-refractivity contribution in [3.63, 3.8) is 0 Å². The van der Waals surface area contributed by atoms with Crippen LogP contribution in [0, 0.1) is 11.3 Å². The fourth-order valence-electron chi connectivity index (χ4n) is 2.86. The first-order chi connectivity index (χ1) is 14.8. The van der Waals surface area contributed by atoms with E-state index in [9.17, 15) is 5.26 Å². The SMILES string of the molecule is CCCCOc1ccc(N/C=C(/C#N)c2nc(-c3ccc4c(c3)OCO4)cs2)cc1. The standard InChI is InChI=1S/C23H21N3O3S/c1-2-3-10-27-19-7-5-18(6-8-19)25-13-17(12-24)23-26-20(14-30-23)16-4-9-21-22(11-16)29-15-28-21/h4-9,11,13-14,25H,2-3,10,15H2,1H3/b17-13-. The van der Waals surface area contributed by atoms with Gasteiger partial charge in [-0.1, -0.05) is 13.3 Å². The average molecular weight is 420 g/mol. The third kappa shape index (κ3) is 4.56. The Bertz CT molecular complexity index is 1080. The van der Waals surface area contributed by atoms with Gasteiger partial charge in [0.1, 0.15) is 22.4 Å². The Labute approximate surface area is 179 Å². The van der Waals surface area contributed by atoms with Crippen LogP contribution >= 0.6 is 11.3 Å². The van der Waals surface area contributed by atoms with Crippen molar-refractivity contribution < 1.29 is 14.2 Å². The number of benzene rings is 2. The molecule has 0 saturated heterocycles. The minimum atomic E-state index is 0.236. The number of rotatable bonds is 8. The van der Waals surface area contributed by atoms with E-state index in [2.05, 4.69) is 23.3 Å². The zero-order valence-electron chi connectivity index (χ0n) is 16.6. The summed E-state index contributed by atoms with van der Waals surface area (Å²) in [7, 11) is 0. The summed E-state index contributed by atoms with van der Waals surface area (Å²) in [5.74, 6) is 2.28. The van der Waals surface area contributed by atoms with Gasteiger partial charge in [0.2, 0.25) is 6.79 Å². The molecule has 0 bridgehead atoms. The molecule has 3 aromatic rings. The fraction of sp³-hybridized carbons (Fsp3) is 0.217. The van der Waals surface area contributed by atoms with Gasteiger partial charge in [-0.05, 0) is 48.9 Å². The molecule has 0 fully saturated rings. The van der Waals surface area contributed by atoms with E-state index in [0.29, 0.717) is 16.3 Å². The van der Waals surface area contributed by atoms with E-state index in [1.165, 1.54) is 11.3 Å². The third-order valence-electron chi connectivity index (χ3n) is 4.53. The first kappa shape index (κ1) is 19.8. The van der Waals surface area contributed by atoms with Crippen molar-refractivity contribution in [3.05, 3.63) is 59.1 Å². The zero-order chi connectivity index (χ0) is 20.8. The smallest absolute Gasteiger partial charge is 0.231 e. The van der Waals surface area contributed by atoms with Crippen LogP contribution in [0.5, 0.6) is 17.2 Å². The highest BCUT2D eigenvalue weighted by molar-refractivity contribution is 7.11. The van der Waals surface area contributed by atoms with Crippen LogP contribution in [0.4, 0.5) is 5.69 Å². The minimum absolute atomic E-state index is 0.236. The second-order valence-electron chi connectivity index (χ2n) is 6.65. The highest BCUT2D eigenvalue weighted by Gasteiger charge is 2.16. The monoisotopic (exact) mass is 419 g/mol. The van der Waals surface area contributed by atoms with Gasteiger partial charge in [-0.15, -0.1) is 11.3 Å². The molecule has 0 aliphatic carbocycles. The lowest BCUT2D eigenvalue weighted by molar-refractivity contribution is 0.174. The van der Waals surface area contributed by atoms with Crippen LogP contribution < -0.4 is 19.5 Å². The lowest BCUT2D eigenvalue weighted by atomic mass is 10.1. The van der Waals surface area contributed by atoms with Crippen molar-refractivity contribution >= 4 is 22.6 Å². The van der Waals surface area contributed by atoms with Gasteiger partial charge in [-0.2, -0.15) is 5.26 Å². The maximum absolute atomic E-state index is 9.58. The van der Waals surface area contributed by atoms with Crippen molar-refractivity contribution in [2.45, 2.75) is 19.8 Å². The molecular formula is C23H21N3O3S. The number of hydrogen-bond acceptors (Lipinski definition) is 7. The number of nitriles is 1. The van der Waals surface area contributed by atoms with Gasteiger partial charge in [-0.3, -0.25) is 0 Å². The molecule has 30 heavy (non-hydrogen) atoms. The van der Waals surface area contributed by atoms with Crippen molar-refractivity contribution in [3.8, 4) is 34.6 Å². The largest absolute Gasteiger partial charge is 0.494 e. The minimum Gasteiger partial charge on any atom is -0.494 e. The summed E-state index contributed by atoms with van der Waals surface area (Å²) in [4.78, 5) is 4.62. The number of allylic oxidation sites excluding steroid dienone is 1. The van der Waals surface area contributed by atoms with Gasteiger partial charge in [0, 0.05) is 22.8 Å². The Balaban J connectivity index is 1.44. The second-order valence-corrected chi connectivity index (χ2v) is 7.50. The maximum atomic E-state index is 9.58. The normalized spacial score (nSPS) is 12.5.